The molecule has 0 bridgehead atoms. The lowest BCUT2D eigenvalue weighted by molar-refractivity contribution is -0.114. The lowest BCUT2D eigenvalue weighted by Gasteiger charge is -2.28. The van der Waals surface area contributed by atoms with Crippen molar-refractivity contribution in [3.05, 3.63) is 292 Å². The van der Waals surface area contributed by atoms with E-state index in [-0.39, 0.29) is 33.8 Å². The Morgan fingerprint density at radius 3 is 1.15 bits per heavy atom. The van der Waals surface area contributed by atoms with Crippen LogP contribution in [0.15, 0.2) is 219 Å². The van der Waals surface area contributed by atoms with Crippen LogP contribution >= 0.6 is 0 Å². The molecule has 16 nitrogen and oxygen atoms in total. The summed E-state index contributed by atoms with van der Waals surface area (Å²) in [5.41, 5.74) is 18.3. The van der Waals surface area contributed by atoms with Crippen molar-refractivity contribution in [1.82, 2.24) is 39.9 Å². The molecule has 1 atom stereocenters. The van der Waals surface area contributed by atoms with Crippen LogP contribution in [0.1, 0.15) is 371 Å². The van der Waals surface area contributed by atoms with Crippen LogP contribution < -0.4 is 0 Å². The van der Waals surface area contributed by atoms with Crippen molar-refractivity contribution >= 4 is 17.7 Å². The number of methoxy groups -OCH3 is 1. The van der Waals surface area contributed by atoms with Crippen LogP contribution in [0.5, 0.6) is 0 Å². The standard InChI is InChI=1S/C13H18O2.C12H15N.C12H16O2.C11H15F.C11H16O.2C10H15N.C10H20O.C9H16N2.2C9H14N2.C9H18O/c1-13(2,3)9-10-5-7-11(8-6-10)12(14)15-4;1-12(2,3)8-10-4-6-11(9-13)7-5-10;1-12(2,3)8-9-4-6-10(7-5-9)11(13)14;2*1-11(2,3)8-9-4-6-10(12)7-5-9;1-10(2,3)8-9-4-6-11-7-5-9;1-10(2,3)7-9-5-4-6-11-8-9;1-10(2,3)8-9-4-6-11-7-5-9;1-9(2,3)7-8-5-6-11(4)10-8;1-9(2,3)6-8-4-5-10-7-11-8;1-9(2,3)6-8-4-5-10-11-7-8;1-9(2,3)6-8-4-5-10-7-8/h5-8H,9H2,1-4H3;4-7H,8H2,1-3H3;4-7H,8H2,1-3H3,(H,13,14);4-7H,8H2,1-3H3;4-6H,7-8H2,1-3H3;4-7H,8H2,1-3H3;4-6,8H,7H2,1-3H3;9H,4-8H2,1-3H3;5-6H,7H2,1-4H3;2*4-5,7H,6H2,1-3H3;8H,4-7H2,1-3H3. The molecule has 7 heterocycles. The lowest BCUT2D eigenvalue weighted by Crippen LogP contribution is -2.20. The predicted octanol–water partition coefficient (Wildman–Crippen LogP) is 32.3. The van der Waals surface area contributed by atoms with Crippen molar-refractivity contribution in [2.75, 3.05) is 33.5 Å². The first-order chi connectivity index (χ1) is 65.2. The number of allylic oxidation sites excluding steroid dienone is 4. The van der Waals surface area contributed by atoms with Gasteiger partial charge in [-0.15, -0.1) is 0 Å². The van der Waals surface area contributed by atoms with Crippen LogP contribution in [0.2, 0.25) is 0 Å². The molecule has 3 aliphatic rings. The van der Waals surface area contributed by atoms with E-state index in [0.29, 0.717) is 66.3 Å². The fourth-order valence-electron chi connectivity index (χ4n) is 15.5. The van der Waals surface area contributed by atoms with Gasteiger partial charge in [-0.2, -0.15) is 20.6 Å². The Kier molecular flexibility index (Phi) is 57.3. The van der Waals surface area contributed by atoms with Crippen LogP contribution in [0.4, 0.5) is 4.39 Å². The third-order valence-electron chi connectivity index (χ3n) is 20.6. The van der Waals surface area contributed by atoms with Gasteiger partial charge in [-0.25, -0.2) is 23.9 Å². The lowest BCUT2D eigenvalue weighted by atomic mass is 9.81. The monoisotopic (exact) mass is 1950 g/mol. The van der Waals surface area contributed by atoms with Gasteiger partial charge in [0.2, 0.25) is 0 Å². The second kappa shape index (κ2) is 62.6. The van der Waals surface area contributed by atoms with Crippen LogP contribution in [0, 0.1) is 94.0 Å². The van der Waals surface area contributed by atoms with Crippen molar-refractivity contribution in [2.45, 2.75) is 352 Å². The topological polar surface area (TPSA) is 218 Å². The predicted molar refractivity (Wildman–Crippen MR) is 594 cm³/mol. The fourth-order valence-corrected chi connectivity index (χ4v) is 15.5. The molecule has 2 saturated heterocycles. The molecule has 1 aliphatic carbocycles. The van der Waals surface area contributed by atoms with Crippen molar-refractivity contribution in [2.24, 2.45) is 83.9 Å². The van der Waals surface area contributed by atoms with E-state index in [4.69, 9.17) is 19.8 Å². The number of aromatic nitrogens is 8. The maximum absolute atomic E-state index is 12.5. The number of ketones is 1. The molecule has 786 valence electrons. The van der Waals surface area contributed by atoms with Crippen LogP contribution in [0.3, 0.4) is 0 Å². The molecule has 4 aromatic carbocycles. The Morgan fingerprint density at radius 1 is 0.408 bits per heavy atom. The molecule has 5 aromatic heterocycles. The zero-order chi connectivity index (χ0) is 108. The quantitative estimate of drug-likeness (QED) is 0.100. The molecular weight excluding hydrogens is 1760 g/mol. The highest BCUT2D eigenvalue weighted by Gasteiger charge is 2.25. The molecule has 0 saturated carbocycles. The number of esters is 1. The highest BCUT2D eigenvalue weighted by atomic mass is 19.1. The number of hydrogen-bond acceptors (Lipinski definition) is 14. The van der Waals surface area contributed by atoms with E-state index in [1.807, 2.05) is 152 Å². The van der Waals surface area contributed by atoms with Crippen LogP contribution in [-0.2, 0) is 83.8 Å². The first kappa shape index (κ1) is 130. The Labute approximate surface area is 863 Å². The van der Waals surface area contributed by atoms with Gasteiger partial charge in [-0.1, -0.05) is 322 Å². The second-order valence-corrected chi connectivity index (χ2v) is 52.7. The van der Waals surface area contributed by atoms with E-state index >= 15 is 0 Å². The number of pyridine rings is 2. The number of carbonyl (C=O) groups excluding carboxylic acids is 2. The number of aryl methyl sites for hydroxylation is 1. The average Bonchev–Trinajstić information content (AvgIpc) is 1.13. The number of carbonyl (C=O) groups is 3. The second-order valence-electron chi connectivity index (χ2n) is 52.7. The third-order valence-corrected chi connectivity index (χ3v) is 20.6. The summed E-state index contributed by atoms with van der Waals surface area (Å²) in [5, 5.41) is 29.2. The third kappa shape index (κ3) is 76.6. The molecule has 2 aliphatic heterocycles. The molecule has 1 unspecified atom stereocenters. The SMILES string of the molecule is CC(C)(C)CC1=CCC(=O)C=C1.CC(C)(C)CC1CCOC1.CC(C)(C)CC1CCOCC1.CC(C)(C)Cc1ccc(C#N)cc1.CC(C)(C)Cc1ccc(C(=O)O)cc1.CC(C)(C)Cc1ccc(F)cc1.CC(C)(C)Cc1cccnc1.CC(C)(C)Cc1ccncc1.CC(C)(C)Cc1ccncn1.CC(C)(C)Cc1ccnnc1.COC(=O)c1ccc(CC(C)(C)C)cc1.Cn1ccc(CC(C)(C)C)n1. The summed E-state index contributed by atoms with van der Waals surface area (Å²) in [5.74, 6) is 0.661. The largest absolute Gasteiger partial charge is 0.478 e. The number of carboxylic acid groups (broad SMARTS) is 1. The number of aromatic carboxylic acids is 1. The molecular formula is C125H192FN9O7. The van der Waals surface area contributed by atoms with Crippen molar-refractivity contribution < 1.29 is 38.1 Å². The minimum atomic E-state index is -0.868. The number of carboxylic acids is 1. The van der Waals surface area contributed by atoms with Gasteiger partial charge in [0.1, 0.15) is 12.1 Å². The van der Waals surface area contributed by atoms with E-state index in [1.54, 1.807) is 36.9 Å². The van der Waals surface area contributed by atoms with E-state index in [0.717, 1.165) is 114 Å². The summed E-state index contributed by atoms with van der Waals surface area (Å²) in [6.45, 7) is 84.1. The van der Waals surface area contributed by atoms with Gasteiger partial charge < -0.3 is 19.3 Å². The van der Waals surface area contributed by atoms with Gasteiger partial charge in [0, 0.05) is 89.0 Å². The van der Waals surface area contributed by atoms with E-state index in [9.17, 15) is 18.8 Å². The molecule has 1 N–H and O–H groups in total. The molecule has 9 aromatic rings. The van der Waals surface area contributed by atoms with Crippen molar-refractivity contribution in [3.8, 4) is 6.07 Å². The first-order valence-electron chi connectivity index (χ1n) is 51.3. The zero-order valence-electron chi connectivity index (χ0n) is 95.8. The molecule has 17 heteroatoms. The van der Waals surface area contributed by atoms with Crippen molar-refractivity contribution in [1.29, 1.82) is 5.26 Å². The summed E-state index contributed by atoms with van der Waals surface area (Å²) >= 11 is 0. The van der Waals surface area contributed by atoms with Crippen LogP contribution in [0.25, 0.3) is 0 Å². The molecule has 142 heavy (non-hydrogen) atoms. The number of nitriles is 1. The number of nitrogens with zero attached hydrogens (tertiary/aromatic N) is 9. The minimum absolute atomic E-state index is 0.160. The summed E-state index contributed by atoms with van der Waals surface area (Å²) in [7, 11) is 3.34. The Balaban J connectivity index is 0.000000776. The van der Waals surface area contributed by atoms with E-state index in [1.165, 1.54) is 102 Å². The number of benzene rings is 4. The Morgan fingerprint density at radius 2 is 0.796 bits per heavy atom. The van der Waals surface area contributed by atoms with Gasteiger partial charge in [-0.3, -0.25) is 19.4 Å². The number of rotatable bonds is 14. The maximum Gasteiger partial charge on any atom is 0.337 e. The van der Waals surface area contributed by atoms with E-state index < -0.39 is 5.97 Å². The van der Waals surface area contributed by atoms with Gasteiger partial charge in [0.15, 0.2) is 5.78 Å². The summed E-state index contributed by atoms with van der Waals surface area (Å²) < 4.78 is 29.6. The average molecular weight is 1950 g/mol. The number of halogens is 1. The fraction of sp³-hybridized carbons (Fsp3) is 0.576. The smallest absolute Gasteiger partial charge is 0.337 e. The van der Waals surface area contributed by atoms with Crippen molar-refractivity contribution in [3.63, 3.8) is 0 Å². The number of hydrogen-bond donors (Lipinski definition) is 1. The van der Waals surface area contributed by atoms with Gasteiger partial charge in [-0.05, 0) is 303 Å². The summed E-state index contributed by atoms with van der Waals surface area (Å²) in [6.07, 6.45) is 39.5. The van der Waals surface area contributed by atoms with Gasteiger partial charge in [0.25, 0.3) is 0 Å². The molecule has 0 spiro atoms. The highest BCUT2D eigenvalue weighted by molar-refractivity contribution is 5.92. The minimum Gasteiger partial charge on any atom is -0.478 e. The Hall–Kier alpha value is -10.0. The maximum atomic E-state index is 12.5. The first-order valence-corrected chi connectivity index (χ1v) is 51.3. The van der Waals surface area contributed by atoms with Crippen LogP contribution in [-0.4, -0.2) is 96.3 Å². The van der Waals surface area contributed by atoms with E-state index in [2.05, 4.69) is 320 Å². The summed E-state index contributed by atoms with van der Waals surface area (Å²) in [4.78, 5) is 48.7. The zero-order valence-corrected chi connectivity index (χ0v) is 95.8. The molecule has 2 fully saturated rings. The summed E-state index contributed by atoms with van der Waals surface area (Å²) in [6, 6.07) is 45.6. The highest BCUT2D eigenvalue weighted by Crippen LogP contribution is 2.34. The molecule has 0 radical (unpaired) electrons. The Bertz CT molecular complexity index is 4780. The van der Waals surface area contributed by atoms with Gasteiger partial charge in [0.05, 0.1) is 41.8 Å². The molecule has 0 amide bonds. The normalized spacial score (nSPS) is 13.9. The number of ether oxygens (including phenoxy) is 3. The van der Waals surface area contributed by atoms with Gasteiger partial charge >= 0.3 is 11.9 Å². The molecule has 12 rings (SSSR count).